The van der Waals surface area contributed by atoms with Gasteiger partial charge < -0.3 is 64.6 Å². The zero-order valence-corrected chi connectivity index (χ0v) is 39.5. The van der Waals surface area contributed by atoms with Gasteiger partial charge in [0.25, 0.3) is 0 Å². The van der Waals surface area contributed by atoms with Crippen molar-refractivity contribution in [3.05, 3.63) is 41.5 Å². The standard InChI is InChI=1S/C48H73N3O16/c1-6-8-10-20-47(21-11-9-7-2)65-39-32-25-48(45(60)49-22-19-34(54)50-31(27-52)17-18-35(55)64-46(3,4)5)41(43(59)62-32)51(67-42(48)40(39)66-47)26-30-15-12-14-29(24-30)16-13-23-61-44-38(58)37(57)36(56)33(28-53)63-44/h12-16,24,31-33,36-42,44,52-53,56-58H,6-11,17-23,25-28H2,1-5H3,(H,49,60)(H,50,54)/t31-,32+,33+,36-,37-,38+,39-,40-,41-,42+,44-,48-/m0/s1. The third-order valence-electron chi connectivity index (χ3n) is 13.1. The Balaban J connectivity index is 1.18. The number of hydrogen-bond acceptors (Lipinski definition) is 17. The van der Waals surface area contributed by atoms with E-state index in [0.717, 1.165) is 49.7 Å². The highest BCUT2D eigenvalue weighted by atomic mass is 16.8. The van der Waals surface area contributed by atoms with Crippen LogP contribution in [0.25, 0.3) is 6.08 Å². The number of unbranched alkanes of at least 4 members (excludes halogenated alkanes) is 4. The average Bonchev–Trinajstić information content (AvgIpc) is 3.84. The maximum absolute atomic E-state index is 14.8. The molecule has 0 radical (unpaired) electrons. The van der Waals surface area contributed by atoms with Gasteiger partial charge in [0.1, 0.15) is 59.8 Å². The number of esters is 2. The number of ether oxygens (including phenoxy) is 6. The van der Waals surface area contributed by atoms with Crippen molar-refractivity contribution in [3.8, 4) is 0 Å². The normalized spacial score (nSPS) is 31.6. The predicted octanol–water partition coefficient (Wildman–Crippen LogP) is 2.06. The van der Waals surface area contributed by atoms with Crippen LogP contribution in [0.3, 0.4) is 0 Å². The average molecular weight is 948 g/mol. The number of aliphatic hydroxyl groups is 5. The lowest BCUT2D eigenvalue weighted by atomic mass is 9.62. The molecule has 2 amide bonds. The highest BCUT2D eigenvalue weighted by Crippen LogP contribution is 2.58. The molecule has 0 spiro atoms. The van der Waals surface area contributed by atoms with E-state index in [2.05, 4.69) is 24.5 Å². The second-order valence-corrected chi connectivity index (χ2v) is 19.5. The minimum absolute atomic E-state index is 0.00447. The molecular weight excluding hydrogens is 875 g/mol. The van der Waals surface area contributed by atoms with Crippen LogP contribution in [0.4, 0.5) is 0 Å². The van der Waals surface area contributed by atoms with E-state index in [0.29, 0.717) is 12.8 Å². The molecule has 376 valence electrons. The lowest BCUT2D eigenvalue weighted by Gasteiger charge is -2.48. The van der Waals surface area contributed by atoms with Crippen LogP contribution in [0.1, 0.15) is 123 Å². The Morgan fingerprint density at radius 3 is 2.36 bits per heavy atom. The largest absolute Gasteiger partial charge is 0.460 e. The topological polar surface area (TPSA) is 261 Å². The van der Waals surface area contributed by atoms with Crippen molar-refractivity contribution in [2.75, 3.05) is 26.4 Å². The van der Waals surface area contributed by atoms with E-state index >= 15 is 0 Å². The molecule has 0 aromatic heterocycles. The first-order valence-electron chi connectivity index (χ1n) is 24.1. The van der Waals surface area contributed by atoms with E-state index in [4.69, 9.17) is 33.3 Å². The molecular formula is C48H73N3O16. The number of nitrogens with one attached hydrogen (secondary N) is 2. The van der Waals surface area contributed by atoms with Gasteiger partial charge in [-0.15, -0.1) is 0 Å². The fourth-order valence-electron chi connectivity index (χ4n) is 9.86. The van der Waals surface area contributed by atoms with Gasteiger partial charge in [-0.05, 0) is 51.2 Å². The molecule has 1 aromatic carbocycles. The molecule has 19 heteroatoms. The molecule has 2 bridgehead atoms. The van der Waals surface area contributed by atoms with Crippen molar-refractivity contribution in [2.24, 2.45) is 5.41 Å². The van der Waals surface area contributed by atoms with Crippen molar-refractivity contribution in [3.63, 3.8) is 0 Å². The van der Waals surface area contributed by atoms with E-state index in [1.165, 1.54) is 5.06 Å². The molecule has 4 saturated heterocycles. The zero-order valence-electron chi connectivity index (χ0n) is 39.5. The molecule has 6 rings (SSSR count). The minimum atomic E-state index is -1.56. The SMILES string of the molecule is CCCCCC1(CCCCC)O[C@@H]2[C@H](O1)[C@H]1ON(Cc3cccc(C=CCO[C@H]4O[C@H](CO)[C@H](O)[C@H](O)[C@H]4O)c3)[C@H]3C(=O)O[C@@H]2C[C@@]13C(=O)NCCC(=O)N[C@H](CO)CCC(=O)OC(C)(C)C. The molecule has 19 nitrogen and oxygen atoms in total. The summed E-state index contributed by atoms with van der Waals surface area (Å²) in [5, 5.41) is 57.1. The van der Waals surface area contributed by atoms with Gasteiger partial charge in [0, 0.05) is 38.6 Å². The van der Waals surface area contributed by atoms with Crippen LogP contribution in [0.2, 0.25) is 0 Å². The van der Waals surface area contributed by atoms with Crippen LogP contribution in [-0.2, 0) is 59.0 Å². The fraction of sp³-hybridized carbons (Fsp3) is 0.750. The quantitative estimate of drug-likeness (QED) is 0.0578. The third-order valence-corrected chi connectivity index (χ3v) is 13.1. The molecule has 1 aromatic rings. The van der Waals surface area contributed by atoms with Gasteiger partial charge >= 0.3 is 11.9 Å². The van der Waals surface area contributed by atoms with Crippen LogP contribution in [0.5, 0.6) is 0 Å². The summed E-state index contributed by atoms with van der Waals surface area (Å²) in [7, 11) is 0. The molecule has 7 N–H and O–H groups in total. The van der Waals surface area contributed by atoms with E-state index in [1.807, 2.05) is 24.3 Å². The Labute approximate surface area is 392 Å². The van der Waals surface area contributed by atoms with Crippen molar-refractivity contribution in [2.45, 2.75) is 197 Å². The van der Waals surface area contributed by atoms with Gasteiger partial charge in [-0.2, -0.15) is 5.06 Å². The summed E-state index contributed by atoms with van der Waals surface area (Å²) in [6, 6.07) is 5.51. The van der Waals surface area contributed by atoms with Crippen molar-refractivity contribution in [1.82, 2.24) is 15.7 Å². The van der Waals surface area contributed by atoms with E-state index in [1.54, 1.807) is 32.9 Å². The van der Waals surface area contributed by atoms with Crippen LogP contribution < -0.4 is 10.6 Å². The number of amides is 2. The van der Waals surface area contributed by atoms with Gasteiger partial charge in [0.2, 0.25) is 11.8 Å². The third kappa shape index (κ3) is 12.6. The number of rotatable bonds is 24. The lowest BCUT2D eigenvalue weighted by molar-refractivity contribution is -0.298. The van der Waals surface area contributed by atoms with Crippen LogP contribution >= 0.6 is 0 Å². The Hall–Kier alpha value is -3.60. The smallest absolute Gasteiger partial charge is 0.327 e. The summed E-state index contributed by atoms with van der Waals surface area (Å²) in [4.78, 5) is 61.3. The second-order valence-electron chi connectivity index (χ2n) is 19.5. The fourth-order valence-corrected chi connectivity index (χ4v) is 9.86. The summed E-state index contributed by atoms with van der Waals surface area (Å²) in [5.41, 5.74) is -0.674. The molecule has 5 aliphatic rings. The van der Waals surface area contributed by atoms with Crippen LogP contribution in [0, 0.1) is 5.41 Å². The molecule has 5 fully saturated rings. The first-order chi connectivity index (χ1) is 32.0. The first kappa shape index (κ1) is 52.8. The highest BCUT2D eigenvalue weighted by molar-refractivity contribution is 5.94. The van der Waals surface area contributed by atoms with Gasteiger partial charge in [-0.3, -0.25) is 24.0 Å². The van der Waals surface area contributed by atoms with E-state index in [9.17, 15) is 44.7 Å². The van der Waals surface area contributed by atoms with Gasteiger partial charge in [0.15, 0.2) is 18.1 Å². The summed E-state index contributed by atoms with van der Waals surface area (Å²) in [5.74, 6) is -2.98. The Kier molecular flexibility index (Phi) is 18.4. The van der Waals surface area contributed by atoms with Gasteiger partial charge in [-0.25, -0.2) is 0 Å². The number of hydroxylamine groups is 2. The molecule has 1 saturated carbocycles. The van der Waals surface area contributed by atoms with E-state index < -0.39 is 121 Å². The van der Waals surface area contributed by atoms with Crippen molar-refractivity contribution >= 4 is 29.8 Å². The van der Waals surface area contributed by atoms with Crippen LogP contribution in [-0.4, -0.2) is 159 Å². The number of carbonyl (C=O) groups excluding carboxylic acids is 4. The molecule has 0 unspecified atom stereocenters. The van der Waals surface area contributed by atoms with Crippen molar-refractivity contribution in [1.29, 1.82) is 0 Å². The molecule has 1 aliphatic carbocycles. The zero-order chi connectivity index (χ0) is 48.5. The second kappa shape index (κ2) is 23.3. The number of benzene rings is 1. The number of aliphatic hydroxyl groups excluding tert-OH is 5. The van der Waals surface area contributed by atoms with Crippen LogP contribution in [0.15, 0.2) is 30.3 Å². The monoisotopic (exact) mass is 947 g/mol. The summed E-state index contributed by atoms with van der Waals surface area (Å²) < 4.78 is 36.4. The number of fused-ring (bicyclic) bond motifs is 4. The first-order valence-corrected chi connectivity index (χ1v) is 24.1. The number of carbonyl (C=O) groups is 4. The number of hydrogen-bond donors (Lipinski definition) is 7. The molecule has 4 heterocycles. The maximum Gasteiger partial charge on any atom is 0.327 e. The molecule has 67 heavy (non-hydrogen) atoms. The number of nitrogens with zero attached hydrogens (tertiary/aromatic N) is 1. The Bertz CT molecular complexity index is 1850. The summed E-state index contributed by atoms with van der Waals surface area (Å²) in [6.07, 6.45) is 0.324. The lowest BCUT2D eigenvalue weighted by Crippen LogP contribution is -2.69. The summed E-state index contributed by atoms with van der Waals surface area (Å²) >= 11 is 0. The highest BCUT2D eigenvalue weighted by Gasteiger charge is 2.76. The minimum Gasteiger partial charge on any atom is -0.460 e. The predicted molar refractivity (Wildman–Crippen MR) is 239 cm³/mol. The Morgan fingerprint density at radius 2 is 1.69 bits per heavy atom. The molecule has 12 atom stereocenters. The summed E-state index contributed by atoms with van der Waals surface area (Å²) in [6.45, 7) is 8.49. The van der Waals surface area contributed by atoms with Gasteiger partial charge in [0.05, 0.1) is 32.4 Å². The van der Waals surface area contributed by atoms with Crippen molar-refractivity contribution < 1.29 is 78.0 Å². The Morgan fingerprint density at radius 1 is 0.970 bits per heavy atom. The maximum atomic E-state index is 14.8. The van der Waals surface area contributed by atoms with Gasteiger partial charge in [-0.1, -0.05) is 75.9 Å². The van der Waals surface area contributed by atoms with E-state index in [-0.39, 0.29) is 45.4 Å². The molecule has 4 aliphatic heterocycles.